The molecule has 6 nitrogen and oxygen atoms in total. The fourth-order valence-electron chi connectivity index (χ4n) is 3.63. The van der Waals surface area contributed by atoms with E-state index in [0.717, 1.165) is 24.5 Å². The van der Waals surface area contributed by atoms with Gasteiger partial charge < -0.3 is 15.5 Å². The molecular formula is C14H19N5O. The Labute approximate surface area is 118 Å². The van der Waals surface area contributed by atoms with Crippen LogP contribution in [-0.4, -0.2) is 41.0 Å². The number of aromatic nitrogens is 2. The summed E-state index contributed by atoms with van der Waals surface area (Å²) in [6, 6.07) is 1.10. The molecule has 2 N–H and O–H groups in total. The van der Waals surface area contributed by atoms with Gasteiger partial charge in [-0.2, -0.15) is 0 Å². The monoisotopic (exact) mass is 273 g/mol. The number of carbonyl (C=O) groups excluding carboxylic acids is 1. The molecule has 1 amide bonds. The van der Waals surface area contributed by atoms with Gasteiger partial charge in [-0.05, 0) is 26.7 Å². The Morgan fingerprint density at radius 3 is 2.65 bits per heavy atom. The second kappa shape index (κ2) is 3.91. The van der Waals surface area contributed by atoms with Crippen LogP contribution in [0.1, 0.15) is 32.3 Å². The summed E-state index contributed by atoms with van der Waals surface area (Å²) < 4.78 is 0. The number of anilines is 2. The van der Waals surface area contributed by atoms with Crippen molar-refractivity contribution in [1.82, 2.24) is 15.3 Å². The van der Waals surface area contributed by atoms with Gasteiger partial charge in [0.1, 0.15) is 18.0 Å². The first-order valence-corrected chi connectivity index (χ1v) is 7.23. The largest absolute Gasteiger partial charge is 0.353 e. The summed E-state index contributed by atoms with van der Waals surface area (Å²) in [5.41, 5.74) is 0.391. The number of hydrogen-bond acceptors (Lipinski definition) is 5. The van der Waals surface area contributed by atoms with Crippen molar-refractivity contribution in [3.05, 3.63) is 11.9 Å². The quantitative estimate of drug-likeness (QED) is 0.786. The summed E-state index contributed by atoms with van der Waals surface area (Å²) in [7, 11) is 0. The molecule has 0 radical (unpaired) electrons. The second-order valence-corrected chi connectivity index (χ2v) is 6.54. The van der Waals surface area contributed by atoms with E-state index in [9.17, 15) is 4.79 Å². The van der Waals surface area contributed by atoms with Crippen molar-refractivity contribution in [1.29, 1.82) is 0 Å². The van der Waals surface area contributed by atoms with E-state index in [-0.39, 0.29) is 5.91 Å². The van der Waals surface area contributed by atoms with Crippen LogP contribution in [0, 0.1) is 0 Å². The van der Waals surface area contributed by atoms with Crippen molar-refractivity contribution in [2.45, 2.75) is 44.2 Å². The highest BCUT2D eigenvalue weighted by Crippen LogP contribution is 2.41. The van der Waals surface area contributed by atoms with Gasteiger partial charge in [0.05, 0.1) is 11.0 Å². The van der Waals surface area contributed by atoms with E-state index >= 15 is 0 Å². The highest BCUT2D eigenvalue weighted by molar-refractivity contribution is 6.06. The van der Waals surface area contributed by atoms with Gasteiger partial charge in [0.25, 0.3) is 0 Å². The summed E-state index contributed by atoms with van der Waals surface area (Å²) in [6.45, 7) is 5.81. The second-order valence-electron chi connectivity index (χ2n) is 6.54. The molecule has 0 aliphatic carbocycles. The van der Waals surface area contributed by atoms with Gasteiger partial charge in [-0.15, -0.1) is 0 Å². The lowest BCUT2D eigenvalue weighted by molar-refractivity contribution is -0.119. The zero-order valence-electron chi connectivity index (χ0n) is 11.8. The topological polar surface area (TPSA) is 70.2 Å². The van der Waals surface area contributed by atoms with Gasteiger partial charge in [-0.3, -0.25) is 4.79 Å². The number of rotatable bonds is 1. The van der Waals surface area contributed by atoms with Gasteiger partial charge in [-0.1, -0.05) is 0 Å². The Morgan fingerprint density at radius 2 is 1.95 bits per heavy atom. The standard InChI is InChI=1S/C14H19N5O/c1-14(2)10-11(18-13(14)20)15-7-16-12(10)19-5-8-3-4-9(6-19)17-8/h7-9,17H,3-6H2,1-2H3,(H,15,16,18,20). The van der Waals surface area contributed by atoms with E-state index in [2.05, 4.69) is 25.5 Å². The van der Waals surface area contributed by atoms with Crippen molar-refractivity contribution in [3.8, 4) is 0 Å². The van der Waals surface area contributed by atoms with Gasteiger partial charge in [-0.25, -0.2) is 9.97 Å². The van der Waals surface area contributed by atoms with Crippen LogP contribution in [0.2, 0.25) is 0 Å². The molecule has 2 saturated heterocycles. The van der Waals surface area contributed by atoms with Gasteiger partial charge in [0.15, 0.2) is 0 Å². The highest BCUT2D eigenvalue weighted by Gasteiger charge is 2.44. The van der Waals surface area contributed by atoms with Crippen LogP contribution >= 0.6 is 0 Å². The molecule has 3 aliphatic rings. The number of piperazine rings is 1. The van der Waals surface area contributed by atoms with Crippen molar-refractivity contribution < 1.29 is 4.79 Å². The van der Waals surface area contributed by atoms with Crippen molar-refractivity contribution in [2.75, 3.05) is 23.3 Å². The summed E-state index contributed by atoms with van der Waals surface area (Å²) in [6.07, 6.45) is 4.02. The number of hydrogen-bond donors (Lipinski definition) is 2. The number of nitrogens with one attached hydrogen (secondary N) is 2. The van der Waals surface area contributed by atoms with E-state index in [1.165, 1.54) is 12.8 Å². The first kappa shape index (κ1) is 12.1. The van der Waals surface area contributed by atoms with Gasteiger partial charge >= 0.3 is 0 Å². The third-order valence-electron chi connectivity index (χ3n) is 4.77. The molecule has 0 spiro atoms. The molecule has 20 heavy (non-hydrogen) atoms. The summed E-state index contributed by atoms with van der Waals surface area (Å²) in [5, 5.41) is 6.49. The number of fused-ring (bicyclic) bond motifs is 3. The van der Waals surface area contributed by atoms with Crippen LogP contribution in [0.3, 0.4) is 0 Å². The minimum absolute atomic E-state index is 0.00681. The fourth-order valence-corrected chi connectivity index (χ4v) is 3.63. The minimum atomic E-state index is -0.560. The maximum Gasteiger partial charge on any atom is 0.235 e. The van der Waals surface area contributed by atoms with E-state index < -0.39 is 5.41 Å². The molecule has 1 aromatic rings. The number of nitrogens with zero attached hydrogens (tertiary/aromatic N) is 3. The molecule has 2 fully saturated rings. The van der Waals surface area contributed by atoms with Gasteiger partial charge in [0, 0.05) is 25.2 Å². The maximum absolute atomic E-state index is 12.1. The lowest BCUT2D eigenvalue weighted by Gasteiger charge is -2.35. The molecule has 6 heteroatoms. The van der Waals surface area contributed by atoms with E-state index in [1.54, 1.807) is 6.33 Å². The Hall–Kier alpha value is -1.69. The third kappa shape index (κ3) is 1.57. The Bertz CT molecular complexity index is 573. The van der Waals surface area contributed by atoms with Crippen LogP contribution in [-0.2, 0) is 10.2 Å². The molecule has 4 heterocycles. The van der Waals surface area contributed by atoms with E-state index in [1.807, 2.05) is 13.8 Å². The van der Waals surface area contributed by atoms with E-state index in [4.69, 9.17) is 0 Å². The molecule has 0 saturated carbocycles. The lowest BCUT2D eigenvalue weighted by Crippen LogP contribution is -2.52. The molecule has 3 aliphatic heterocycles. The van der Waals surface area contributed by atoms with Crippen LogP contribution < -0.4 is 15.5 Å². The molecule has 2 unspecified atom stereocenters. The molecule has 4 rings (SSSR count). The fraction of sp³-hybridized carbons (Fsp3) is 0.643. The zero-order valence-corrected chi connectivity index (χ0v) is 11.8. The summed E-state index contributed by atoms with van der Waals surface area (Å²) >= 11 is 0. The highest BCUT2D eigenvalue weighted by atomic mass is 16.2. The van der Waals surface area contributed by atoms with Crippen LogP contribution in [0.4, 0.5) is 11.6 Å². The predicted molar refractivity (Wildman–Crippen MR) is 75.8 cm³/mol. The molecule has 2 atom stereocenters. The molecule has 0 aromatic carbocycles. The van der Waals surface area contributed by atoms with Crippen LogP contribution in [0.5, 0.6) is 0 Å². The third-order valence-corrected chi connectivity index (χ3v) is 4.77. The average molecular weight is 273 g/mol. The normalized spacial score (nSPS) is 30.3. The number of amides is 1. The SMILES string of the molecule is CC1(C)C(=O)Nc2ncnc(N3CC4CCC(C3)N4)c21. The van der Waals surface area contributed by atoms with E-state index in [0.29, 0.717) is 17.9 Å². The Balaban J connectivity index is 1.77. The Kier molecular flexibility index (Phi) is 2.36. The number of carbonyl (C=O) groups is 1. The molecule has 106 valence electrons. The summed E-state index contributed by atoms with van der Waals surface area (Å²) in [4.78, 5) is 23.2. The van der Waals surface area contributed by atoms with Crippen molar-refractivity contribution >= 4 is 17.5 Å². The van der Waals surface area contributed by atoms with Crippen molar-refractivity contribution in [2.24, 2.45) is 0 Å². The van der Waals surface area contributed by atoms with Gasteiger partial charge in [0.2, 0.25) is 5.91 Å². The lowest BCUT2D eigenvalue weighted by atomic mass is 9.87. The first-order chi connectivity index (χ1) is 9.55. The summed E-state index contributed by atoms with van der Waals surface area (Å²) in [5.74, 6) is 1.61. The predicted octanol–water partition coefficient (Wildman–Crippen LogP) is 0.647. The first-order valence-electron chi connectivity index (χ1n) is 7.23. The minimum Gasteiger partial charge on any atom is -0.353 e. The average Bonchev–Trinajstić information content (AvgIpc) is 2.87. The smallest absolute Gasteiger partial charge is 0.235 e. The van der Waals surface area contributed by atoms with Crippen LogP contribution in [0.25, 0.3) is 0 Å². The zero-order chi connectivity index (χ0) is 13.9. The van der Waals surface area contributed by atoms with Crippen LogP contribution in [0.15, 0.2) is 6.33 Å². The Morgan fingerprint density at radius 1 is 1.25 bits per heavy atom. The molecule has 2 bridgehead atoms. The van der Waals surface area contributed by atoms with Crippen molar-refractivity contribution in [3.63, 3.8) is 0 Å². The maximum atomic E-state index is 12.1. The molecule has 1 aromatic heterocycles. The molecular weight excluding hydrogens is 254 g/mol.